The van der Waals surface area contributed by atoms with E-state index in [1.54, 1.807) is 15.6 Å². The minimum absolute atomic E-state index is 0.0448. The highest BCUT2D eigenvalue weighted by molar-refractivity contribution is 5.86. The van der Waals surface area contributed by atoms with Gasteiger partial charge in [-0.05, 0) is 12.1 Å². The number of para-hydroxylation sites is 1. The predicted octanol–water partition coefficient (Wildman–Crippen LogP) is 0.508. The molecule has 4 rings (SSSR count). The lowest BCUT2D eigenvalue weighted by Crippen LogP contribution is -2.43. The summed E-state index contributed by atoms with van der Waals surface area (Å²) in [5.74, 6) is -0.108. The molecule has 0 saturated carbocycles. The molecule has 1 amide bonds. The van der Waals surface area contributed by atoms with E-state index >= 15 is 0 Å². The number of fused-ring (bicyclic) bond motifs is 3. The monoisotopic (exact) mass is 312 g/mol. The second kappa shape index (κ2) is 5.51. The largest absolute Gasteiger partial charge is 0.378 e. The number of amides is 1. The van der Waals surface area contributed by atoms with Crippen molar-refractivity contribution in [3.63, 3.8) is 0 Å². The van der Waals surface area contributed by atoms with Gasteiger partial charge in [-0.1, -0.05) is 18.2 Å². The second-order valence-corrected chi connectivity index (χ2v) is 5.55. The number of aromatic nitrogens is 3. The third kappa shape index (κ3) is 2.39. The number of carbonyl (C=O) groups is 1. The Labute approximate surface area is 131 Å². The predicted molar refractivity (Wildman–Crippen MR) is 84.4 cm³/mol. The SMILES string of the molecule is O=C(Cn1ncn2c(cc3ccccc32)c1=O)N1CCOCC1. The number of hydrogen-bond acceptors (Lipinski definition) is 4. The molecule has 0 bridgehead atoms. The van der Waals surface area contributed by atoms with Crippen molar-refractivity contribution in [2.24, 2.45) is 0 Å². The van der Waals surface area contributed by atoms with E-state index in [1.807, 2.05) is 30.3 Å². The van der Waals surface area contributed by atoms with Crippen LogP contribution in [0.5, 0.6) is 0 Å². The zero-order chi connectivity index (χ0) is 15.8. The van der Waals surface area contributed by atoms with Crippen LogP contribution >= 0.6 is 0 Å². The number of hydrogen-bond donors (Lipinski definition) is 0. The van der Waals surface area contributed by atoms with Crippen LogP contribution in [-0.4, -0.2) is 51.3 Å². The van der Waals surface area contributed by atoms with Crippen molar-refractivity contribution in [2.75, 3.05) is 26.3 Å². The van der Waals surface area contributed by atoms with Crippen LogP contribution in [0.2, 0.25) is 0 Å². The number of carbonyl (C=O) groups excluding carboxylic acids is 1. The Hall–Kier alpha value is -2.67. The molecule has 0 atom stereocenters. The van der Waals surface area contributed by atoms with Crippen molar-refractivity contribution in [2.45, 2.75) is 6.54 Å². The van der Waals surface area contributed by atoms with E-state index in [0.717, 1.165) is 10.9 Å². The molecule has 118 valence electrons. The fraction of sp³-hybridized carbons (Fsp3) is 0.312. The Balaban J connectivity index is 1.70. The highest BCUT2D eigenvalue weighted by atomic mass is 16.5. The quantitative estimate of drug-likeness (QED) is 0.691. The third-order valence-corrected chi connectivity index (χ3v) is 4.16. The third-order valence-electron chi connectivity index (χ3n) is 4.16. The topological polar surface area (TPSA) is 68.8 Å². The fourth-order valence-corrected chi connectivity index (χ4v) is 2.92. The molecule has 2 aromatic heterocycles. The van der Waals surface area contributed by atoms with Crippen LogP contribution in [0, 0.1) is 0 Å². The minimum Gasteiger partial charge on any atom is -0.378 e. The molecule has 0 unspecified atom stereocenters. The Kier molecular flexibility index (Phi) is 3.34. The maximum atomic E-state index is 12.6. The van der Waals surface area contributed by atoms with Crippen LogP contribution in [0.1, 0.15) is 0 Å². The standard InChI is InChI=1S/C16H16N4O3/c21-15(18-5-7-23-8-6-18)10-20-16(22)14-9-12-3-1-2-4-13(12)19(14)11-17-20/h1-4,9,11H,5-8,10H2. The summed E-state index contributed by atoms with van der Waals surface area (Å²) in [4.78, 5) is 26.6. The van der Waals surface area contributed by atoms with Gasteiger partial charge in [0.05, 0.1) is 18.7 Å². The summed E-state index contributed by atoms with van der Waals surface area (Å²) in [5, 5.41) is 5.13. The lowest BCUT2D eigenvalue weighted by molar-refractivity contribution is -0.136. The average Bonchev–Trinajstić information content (AvgIpc) is 2.98. The summed E-state index contributed by atoms with van der Waals surface area (Å²) in [6.07, 6.45) is 1.59. The van der Waals surface area contributed by atoms with Gasteiger partial charge in [-0.15, -0.1) is 0 Å². The summed E-state index contributed by atoms with van der Waals surface area (Å²) in [5.41, 5.74) is 1.19. The van der Waals surface area contributed by atoms with Gasteiger partial charge >= 0.3 is 0 Å². The Morgan fingerprint density at radius 2 is 1.96 bits per heavy atom. The van der Waals surface area contributed by atoms with Gasteiger partial charge in [0.2, 0.25) is 5.91 Å². The van der Waals surface area contributed by atoms with E-state index in [4.69, 9.17) is 4.74 Å². The molecule has 1 aliphatic rings. The number of benzene rings is 1. The number of morpholine rings is 1. The van der Waals surface area contributed by atoms with E-state index in [0.29, 0.717) is 31.8 Å². The first kappa shape index (κ1) is 14.0. The Morgan fingerprint density at radius 1 is 1.17 bits per heavy atom. The van der Waals surface area contributed by atoms with Crippen molar-refractivity contribution in [3.05, 3.63) is 47.0 Å². The Bertz CT molecular complexity index is 937. The lowest BCUT2D eigenvalue weighted by atomic mass is 10.2. The molecule has 7 nitrogen and oxygen atoms in total. The molecule has 1 saturated heterocycles. The average molecular weight is 312 g/mol. The van der Waals surface area contributed by atoms with Crippen LogP contribution in [0.3, 0.4) is 0 Å². The van der Waals surface area contributed by atoms with Crippen molar-refractivity contribution >= 4 is 22.3 Å². The highest BCUT2D eigenvalue weighted by Crippen LogP contribution is 2.16. The Morgan fingerprint density at radius 3 is 2.78 bits per heavy atom. The maximum Gasteiger partial charge on any atom is 0.291 e. The zero-order valence-corrected chi connectivity index (χ0v) is 12.5. The smallest absolute Gasteiger partial charge is 0.291 e. The first-order chi connectivity index (χ1) is 11.2. The molecule has 0 spiro atoms. The number of nitrogens with zero attached hydrogens (tertiary/aromatic N) is 4. The summed E-state index contributed by atoms with van der Waals surface area (Å²) in [7, 11) is 0. The first-order valence-corrected chi connectivity index (χ1v) is 7.55. The van der Waals surface area contributed by atoms with Crippen molar-refractivity contribution in [3.8, 4) is 0 Å². The van der Waals surface area contributed by atoms with Crippen LogP contribution in [0.4, 0.5) is 0 Å². The van der Waals surface area contributed by atoms with Gasteiger partial charge in [0.25, 0.3) is 5.56 Å². The van der Waals surface area contributed by atoms with Gasteiger partial charge in [0.1, 0.15) is 18.4 Å². The molecule has 0 N–H and O–H groups in total. The van der Waals surface area contributed by atoms with Crippen molar-refractivity contribution in [1.29, 1.82) is 0 Å². The van der Waals surface area contributed by atoms with Gasteiger partial charge in [-0.25, -0.2) is 4.68 Å². The summed E-state index contributed by atoms with van der Waals surface area (Å²) < 4.78 is 8.22. The van der Waals surface area contributed by atoms with Gasteiger partial charge in [-0.3, -0.25) is 14.0 Å². The molecule has 1 aromatic carbocycles. The summed E-state index contributed by atoms with van der Waals surface area (Å²) in [6.45, 7) is 2.15. The molecule has 7 heteroatoms. The van der Waals surface area contributed by atoms with Crippen LogP contribution in [-0.2, 0) is 16.1 Å². The molecular formula is C16H16N4O3. The van der Waals surface area contributed by atoms with Gasteiger partial charge in [0, 0.05) is 18.5 Å². The van der Waals surface area contributed by atoms with Crippen molar-refractivity contribution in [1.82, 2.24) is 19.1 Å². The van der Waals surface area contributed by atoms with Gasteiger partial charge in [-0.2, -0.15) is 5.10 Å². The number of rotatable bonds is 2. The molecular weight excluding hydrogens is 296 g/mol. The molecule has 1 fully saturated rings. The molecule has 3 heterocycles. The first-order valence-electron chi connectivity index (χ1n) is 7.55. The maximum absolute atomic E-state index is 12.6. The normalized spacial score (nSPS) is 15.4. The minimum atomic E-state index is -0.259. The molecule has 0 aliphatic carbocycles. The molecule has 3 aromatic rings. The zero-order valence-electron chi connectivity index (χ0n) is 12.5. The highest BCUT2D eigenvalue weighted by Gasteiger charge is 2.18. The van der Waals surface area contributed by atoms with Gasteiger partial charge < -0.3 is 9.64 Å². The van der Waals surface area contributed by atoms with E-state index in [-0.39, 0.29) is 18.0 Å². The summed E-state index contributed by atoms with van der Waals surface area (Å²) in [6, 6.07) is 9.56. The van der Waals surface area contributed by atoms with Crippen LogP contribution in [0.25, 0.3) is 16.4 Å². The molecule has 0 radical (unpaired) electrons. The van der Waals surface area contributed by atoms with Gasteiger partial charge in [0.15, 0.2) is 0 Å². The van der Waals surface area contributed by atoms with E-state index in [2.05, 4.69) is 5.10 Å². The molecule has 1 aliphatic heterocycles. The number of ether oxygens (including phenoxy) is 1. The van der Waals surface area contributed by atoms with Crippen LogP contribution in [0.15, 0.2) is 41.5 Å². The lowest BCUT2D eigenvalue weighted by Gasteiger charge is -2.26. The summed E-state index contributed by atoms with van der Waals surface area (Å²) >= 11 is 0. The second-order valence-electron chi connectivity index (χ2n) is 5.55. The van der Waals surface area contributed by atoms with E-state index in [1.165, 1.54) is 4.68 Å². The van der Waals surface area contributed by atoms with E-state index in [9.17, 15) is 9.59 Å². The van der Waals surface area contributed by atoms with E-state index < -0.39 is 0 Å². The fourth-order valence-electron chi connectivity index (χ4n) is 2.92. The molecule has 23 heavy (non-hydrogen) atoms. The van der Waals surface area contributed by atoms with Crippen LogP contribution < -0.4 is 5.56 Å². The van der Waals surface area contributed by atoms with Crippen molar-refractivity contribution < 1.29 is 9.53 Å².